The van der Waals surface area contributed by atoms with Crippen LogP contribution in [0.1, 0.15) is 37.7 Å². The number of hydrogen-bond donors (Lipinski definition) is 1. The van der Waals surface area contributed by atoms with Gasteiger partial charge in [-0.15, -0.1) is 0 Å². The van der Waals surface area contributed by atoms with Gasteiger partial charge in [-0.05, 0) is 43.5 Å². The molecule has 0 aliphatic carbocycles. The van der Waals surface area contributed by atoms with Gasteiger partial charge in [-0.3, -0.25) is 0 Å². The van der Waals surface area contributed by atoms with E-state index in [-0.39, 0.29) is 0 Å². The van der Waals surface area contributed by atoms with Crippen molar-refractivity contribution < 1.29 is 8.42 Å². The Morgan fingerprint density at radius 1 is 0.950 bits per heavy atom. The predicted molar refractivity (Wildman–Crippen MR) is 81.0 cm³/mol. The minimum Gasteiger partial charge on any atom is -0.330 e. The van der Waals surface area contributed by atoms with Gasteiger partial charge in [0.15, 0.2) is 0 Å². The normalized spacial score (nSPS) is 18.4. The van der Waals surface area contributed by atoms with Crippen molar-refractivity contribution >= 4 is 10.0 Å². The molecular formula is C15H24N2O2S. The van der Waals surface area contributed by atoms with Crippen LogP contribution in [0.4, 0.5) is 0 Å². The maximum atomic E-state index is 12.6. The van der Waals surface area contributed by atoms with Crippen LogP contribution >= 0.6 is 0 Å². The summed E-state index contributed by atoms with van der Waals surface area (Å²) in [5, 5.41) is 0. The van der Waals surface area contributed by atoms with Crippen molar-refractivity contribution in [3.05, 3.63) is 29.8 Å². The molecule has 0 saturated carbocycles. The van der Waals surface area contributed by atoms with Crippen molar-refractivity contribution in [2.24, 2.45) is 5.73 Å². The van der Waals surface area contributed by atoms with Gasteiger partial charge < -0.3 is 5.73 Å². The van der Waals surface area contributed by atoms with Crippen molar-refractivity contribution in [3.8, 4) is 0 Å². The molecule has 0 spiro atoms. The lowest BCUT2D eigenvalue weighted by Crippen LogP contribution is -2.33. The molecular weight excluding hydrogens is 272 g/mol. The fraction of sp³-hybridized carbons (Fsp3) is 0.600. The topological polar surface area (TPSA) is 63.4 Å². The van der Waals surface area contributed by atoms with Crippen LogP contribution in [0.3, 0.4) is 0 Å². The summed E-state index contributed by atoms with van der Waals surface area (Å²) < 4.78 is 26.9. The van der Waals surface area contributed by atoms with E-state index in [1.54, 1.807) is 16.4 Å². The Morgan fingerprint density at radius 2 is 1.50 bits per heavy atom. The quantitative estimate of drug-likeness (QED) is 0.926. The summed E-state index contributed by atoms with van der Waals surface area (Å²) in [7, 11) is -3.33. The van der Waals surface area contributed by atoms with Crippen molar-refractivity contribution in [2.75, 3.05) is 19.6 Å². The van der Waals surface area contributed by atoms with Crippen molar-refractivity contribution in [1.82, 2.24) is 4.31 Å². The highest BCUT2D eigenvalue weighted by Gasteiger charge is 2.24. The molecule has 0 atom stereocenters. The molecule has 112 valence electrons. The van der Waals surface area contributed by atoms with Gasteiger partial charge in [0.05, 0.1) is 4.90 Å². The third-order valence-corrected chi connectivity index (χ3v) is 5.72. The Bertz CT molecular complexity index is 503. The SMILES string of the molecule is NCCc1ccc(S(=O)(=O)N2CCCCCCC2)cc1. The Kier molecular flexibility index (Phi) is 5.57. The zero-order valence-corrected chi connectivity index (χ0v) is 12.7. The maximum absolute atomic E-state index is 12.6. The molecule has 0 amide bonds. The van der Waals surface area contributed by atoms with Crippen LogP contribution < -0.4 is 5.73 Å². The van der Waals surface area contributed by atoms with E-state index in [4.69, 9.17) is 5.73 Å². The molecule has 20 heavy (non-hydrogen) atoms. The summed E-state index contributed by atoms with van der Waals surface area (Å²) in [6.07, 6.45) is 6.18. The average Bonchev–Trinajstić information content (AvgIpc) is 2.39. The molecule has 4 nitrogen and oxygen atoms in total. The summed E-state index contributed by atoms with van der Waals surface area (Å²) in [5.41, 5.74) is 6.59. The van der Waals surface area contributed by atoms with Crippen LogP contribution in [0.5, 0.6) is 0 Å². The first-order chi connectivity index (χ1) is 9.64. The minimum atomic E-state index is -3.33. The van der Waals surface area contributed by atoms with E-state index in [0.717, 1.165) is 37.7 Å². The number of hydrogen-bond acceptors (Lipinski definition) is 3. The molecule has 1 aliphatic rings. The van der Waals surface area contributed by atoms with E-state index < -0.39 is 10.0 Å². The zero-order valence-electron chi connectivity index (χ0n) is 11.9. The highest BCUT2D eigenvalue weighted by atomic mass is 32.2. The monoisotopic (exact) mass is 296 g/mol. The smallest absolute Gasteiger partial charge is 0.243 e. The Hall–Kier alpha value is -0.910. The third-order valence-electron chi connectivity index (χ3n) is 3.81. The van der Waals surface area contributed by atoms with Crippen molar-refractivity contribution in [2.45, 2.75) is 43.4 Å². The highest BCUT2D eigenvalue weighted by Crippen LogP contribution is 2.20. The average molecular weight is 296 g/mol. The lowest BCUT2D eigenvalue weighted by molar-refractivity contribution is 0.364. The van der Waals surface area contributed by atoms with E-state index in [0.29, 0.717) is 24.5 Å². The first-order valence-corrected chi connectivity index (χ1v) is 8.88. The molecule has 1 aromatic carbocycles. The van der Waals surface area contributed by atoms with Crippen LogP contribution in [0.15, 0.2) is 29.2 Å². The van der Waals surface area contributed by atoms with E-state index in [1.807, 2.05) is 12.1 Å². The summed E-state index contributed by atoms with van der Waals surface area (Å²) in [6, 6.07) is 7.14. The first kappa shape index (κ1) is 15.5. The van der Waals surface area contributed by atoms with Gasteiger partial charge in [-0.2, -0.15) is 4.31 Å². The Morgan fingerprint density at radius 3 is 2.05 bits per heavy atom. The standard InChI is InChI=1S/C15H24N2O2S/c16-11-10-14-6-8-15(9-7-14)20(18,19)17-12-4-2-1-3-5-13-17/h6-9H,1-5,10-13,16H2. The number of sulfonamides is 1. The van der Waals surface area contributed by atoms with E-state index in [2.05, 4.69) is 0 Å². The molecule has 1 aliphatic heterocycles. The lowest BCUT2D eigenvalue weighted by atomic mass is 10.1. The fourth-order valence-electron chi connectivity index (χ4n) is 2.60. The maximum Gasteiger partial charge on any atom is 0.243 e. The molecule has 1 heterocycles. The Labute approximate surface area is 122 Å². The molecule has 0 unspecified atom stereocenters. The first-order valence-electron chi connectivity index (χ1n) is 7.44. The second-order valence-corrected chi connectivity index (χ2v) is 7.29. The third kappa shape index (κ3) is 3.81. The van der Waals surface area contributed by atoms with Crippen LogP contribution in [-0.4, -0.2) is 32.4 Å². The molecule has 1 fully saturated rings. The molecule has 2 rings (SSSR count). The number of rotatable bonds is 4. The van der Waals surface area contributed by atoms with Gasteiger partial charge in [0.1, 0.15) is 0 Å². The molecule has 1 aromatic rings. The summed E-state index contributed by atoms with van der Waals surface area (Å²) in [4.78, 5) is 0.402. The van der Waals surface area contributed by atoms with Gasteiger partial charge in [-0.1, -0.05) is 31.4 Å². The molecule has 0 radical (unpaired) electrons. The number of benzene rings is 1. The predicted octanol–water partition coefficient (Wildman–Crippen LogP) is 2.14. The van der Waals surface area contributed by atoms with Gasteiger partial charge in [-0.25, -0.2) is 8.42 Å². The molecule has 5 heteroatoms. The second-order valence-electron chi connectivity index (χ2n) is 5.35. The highest BCUT2D eigenvalue weighted by molar-refractivity contribution is 7.89. The number of nitrogens with two attached hydrogens (primary N) is 1. The van der Waals surface area contributed by atoms with Gasteiger partial charge in [0.2, 0.25) is 10.0 Å². The summed E-state index contributed by atoms with van der Waals surface area (Å²) in [5.74, 6) is 0. The van der Waals surface area contributed by atoms with Crippen LogP contribution in [-0.2, 0) is 16.4 Å². The second kappa shape index (κ2) is 7.20. The van der Waals surface area contributed by atoms with E-state index in [9.17, 15) is 8.42 Å². The molecule has 1 saturated heterocycles. The number of nitrogens with zero attached hydrogens (tertiary/aromatic N) is 1. The van der Waals surface area contributed by atoms with E-state index >= 15 is 0 Å². The molecule has 2 N–H and O–H groups in total. The van der Waals surface area contributed by atoms with Gasteiger partial charge in [0.25, 0.3) is 0 Å². The fourth-order valence-corrected chi connectivity index (χ4v) is 4.12. The van der Waals surface area contributed by atoms with Crippen LogP contribution in [0.25, 0.3) is 0 Å². The zero-order chi connectivity index (χ0) is 14.4. The summed E-state index contributed by atoms with van der Waals surface area (Å²) >= 11 is 0. The molecule has 0 aromatic heterocycles. The van der Waals surface area contributed by atoms with E-state index in [1.165, 1.54) is 6.42 Å². The Balaban J connectivity index is 2.15. The van der Waals surface area contributed by atoms with Crippen LogP contribution in [0, 0.1) is 0 Å². The lowest BCUT2D eigenvalue weighted by Gasteiger charge is -2.24. The van der Waals surface area contributed by atoms with Crippen LogP contribution in [0.2, 0.25) is 0 Å². The van der Waals surface area contributed by atoms with Gasteiger partial charge >= 0.3 is 0 Å². The van der Waals surface area contributed by atoms with Crippen molar-refractivity contribution in [1.29, 1.82) is 0 Å². The van der Waals surface area contributed by atoms with Crippen molar-refractivity contribution in [3.63, 3.8) is 0 Å². The van der Waals surface area contributed by atoms with Gasteiger partial charge in [0, 0.05) is 13.1 Å². The summed E-state index contributed by atoms with van der Waals surface area (Å²) in [6.45, 7) is 1.87. The largest absolute Gasteiger partial charge is 0.330 e. The molecule has 0 bridgehead atoms. The minimum absolute atomic E-state index is 0.402.